The van der Waals surface area contributed by atoms with Crippen LogP contribution in [0.3, 0.4) is 0 Å². The molecule has 94 valence electrons. The fraction of sp³-hybridized carbons (Fsp3) is 0.647. The molecule has 0 saturated heterocycles. The first kappa shape index (κ1) is 12.7. The molecule has 17 heavy (non-hydrogen) atoms. The van der Waals surface area contributed by atoms with Crippen LogP contribution in [-0.2, 0) is 18.3 Å². The van der Waals surface area contributed by atoms with E-state index in [0.717, 1.165) is 0 Å². The van der Waals surface area contributed by atoms with Gasteiger partial charge in [0, 0.05) is 0 Å². The van der Waals surface area contributed by atoms with Gasteiger partial charge in [0.1, 0.15) is 0 Å². The van der Waals surface area contributed by atoms with E-state index in [1.165, 1.54) is 31.2 Å². The van der Waals surface area contributed by atoms with Crippen LogP contribution in [-0.4, -0.2) is 0 Å². The van der Waals surface area contributed by atoms with Crippen molar-refractivity contribution in [3.8, 4) is 0 Å². The molecule has 0 spiro atoms. The molecular weight excluding hydrogens is 204 g/mol. The smallest absolute Gasteiger partial charge is 0.0129 e. The molecule has 1 aliphatic carbocycles. The molecule has 0 heterocycles. The molecule has 0 radical (unpaired) electrons. The Bertz CT molecular complexity index is 405. The molecular formula is C17H26. The Labute approximate surface area is 106 Å². The average molecular weight is 230 g/mol. The van der Waals surface area contributed by atoms with E-state index in [4.69, 9.17) is 0 Å². The van der Waals surface area contributed by atoms with Gasteiger partial charge in [0.25, 0.3) is 0 Å². The summed E-state index contributed by atoms with van der Waals surface area (Å²) in [6.07, 6.45) is 5.33. The summed E-state index contributed by atoms with van der Waals surface area (Å²) >= 11 is 0. The molecule has 0 aliphatic heterocycles. The van der Waals surface area contributed by atoms with Crippen LogP contribution >= 0.6 is 0 Å². The number of hydrogen-bond acceptors (Lipinski definition) is 0. The molecule has 0 aromatic heterocycles. The van der Waals surface area contributed by atoms with E-state index in [9.17, 15) is 0 Å². The lowest BCUT2D eigenvalue weighted by molar-refractivity contribution is 0.566. The van der Waals surface area contributed by atoms with Crippen LogP contribution in [0.4, 0.5) is 0 Å². The van der Waals surface area contributed by atoms with Gasteiger partial charge in [0.15, 0.2) is 0 Å². The second kappa shape index (κ2) is 4.48. The number of hydrogen-bond donors (Lipinski definition) is 0. The zero-order valence-corrected chi connectivity index (χ0v) is 12.1. The normalized spacial score (nSPS) is 16.1. The topological polar surface area (TPSA) is 0 Å². The molecule has 0 nitrogen and oxygen atoms in total. The van der Waals surface area contributed by atoms with Crippen LogP contribution in [0.1, 0.15) is 75.6 Å². The SMILES string of the molecule is CC(C)c1cc2c(c(C(C)(C)C)c1)CCCC2. The van der Waals surface area contributed by atoms with Crippen molar-refractivity contribution < 1.29 is 0 Å². The monoisotopic (exact) mass is 230 g/mol. The van der Waals surface area contributed by atoms with Crippen LogP contribution in [0.15, 0.2) is 12.1 Å². The van der Waals surface area contributed by atoms with Crippen molar-refractivity contribution in [1.82, 2.24) is 0 Å². The van der Waals surface area contributed by atoms with Crippen molar-refractivity contribution in [2.75, 3.05) is 0 Å². The van der Waals surface area contributed by atoms with Gasteiger partial charge in [-0.3, -0.25) is 0 Å². The van der Waals surface area contributed by atoms with Crippen molar-refractivity contribution in [1.29, 1.82) is 0 Å². The van der Waals surface area contributed by atoms with Gasteiger partial charge in [0.05, 0.1) is 0 Å². The molecule has 1 aliphatic rings. The third-order valence-electron chi connectivity index (χ3n) is 3.96. The minimum atomic E-state index is 0.284. The lowest BCUT2D eigenvalue weighted by atomic mass is 9.76. The summed E-state index contributed by atoms with van der Waals surface area (Å²) in [4.78, 5) is 0. The highest BCUT2D eigenvalue weighted by atomic mass is 14.3. The van der Waals surface area contributed by atoms with Crippen LogP contribution in [0.25, 0.3) is 0 Å². The van der Waals surface area contributed by atoms with Crippen molar-refractivity contribution in [3.63, 3.8) is 0 Å². The highest BCUT2D eigenvalue weighted by molar-refractivity contribution is 5.44. The van der Waals surface area contributed by atoms with Crippen LogP contribution in [0.2, 0.25) is 0 Å². The first-order valence-electron chi connectivity index (χ1n) is 7.06. The van der Waals surface area contributed by atoms with Gasteiger partial charge >= 0.3 is 0 Å². The second-order valence-electron chi connectivity index (χ2n) is 6.82. The van der Waals surface area contributed by atoms with Crippen LogP contribution in [0.5, 0.6) is 0 Å². The third-order valence-corrected chi connectivity index (χ3v) is 3.96. The Morgan fingerprint density at radius 3 is 2.24 bits per heavy atom. The van der Waals surface area contributed by atoms with E-state index in [0.29, 0.717) is 5.92 Å². The summed E-state index contributed by atoms with van der Waals surface area (Å²) in [6, 6.07) is 4.93. The van der Waals surface area contributed by atoms with Gasteiger partial charge in [0.2, 0.25) is 0 Å². The minimum Gasteiger partial charge on any atom is -0.0587 e. The molecule has 0 bridgehead atoms. The Morgan fingerprint density at radius 1 is 1.00 bits per heavy atom. The molecule has 0 N–H and O–H groups in total. The first-order chi connectivity index (χ1) is 7.89. The molecule has 0 unspecified atom stereocenters. The Balaban J connectivity index is 2.58. The van der Waals surface area contributed by atoms with E-state index in [2.05, 4.69) is 46.8 Å². The molecule has 2 rings (SSSR count). The Kier molecular flexibility index (Phi) is 3.34. The number of benzene rings is 1. The second-order valence-corrected chi connectivity index (χ2v) is 6.82. The van der Waals surface area contributed by atoms with Crippen LogP contribution < -0.4 is 0 Å². The summed E-state index contributed by atoms with van der Waals surface area (Å²) < 4.78 is 0. The molecule has 1 aromatic rings. The van der Waals surface area contributed by atoms with Gasteiger partial charge < -0.3 is 0 Å². The Hall–Kier alpha value is -0.780. The maximum Gasteiger partial charge on any atom is -0.0129 e. The highest BCUT2D eigenvalue weighted by Crippen LogP contribution is 2.35. The number of rotatable bonds is 1. The fourth-order valence-electron chi connectivity index (χ4n) is 2.89. The largest absolute Gasteiger partial charge is 0.0587 e. The summed E-state index contributed by atoms with van der Waals surface area (Å²) in [6.45, 7) is 11.7. The maximum atomic E-state index is 2.47. The summed E-state index contributed by atoms with van der Waals surface area (Å²) in [5, 5.41) is 0. The summed E-state index contributed by atoms with van der Waals surface area (Å²) in [5.74, 6) is 0.642. The van der Waals surface area contributed by atoms with Gasteiger partial charge in [-0.2, -0.15) is 0 Å². The van der Waals surface area contributed by atoms with Gasteiger partial charge in [-0.1, -0.05) is 46.8 Å². The Morgan fingerprint density at radius 2 is 1.65 bits per heavy atom. The molecule has 0 saturated carbocycles. The van der Waals surface area contributed by atoms with Crippen molar-refractivity contribution in [2.45, 2.75) is 71.6 Å². The number of fused-ring (bicyclic) bond motifs is 1. The third kappa shape index (κ3) is 2.56. The lowest BCUT2D eigenvalue weighted by Crippen LogP contribution is -2.18. The highest BCUT2D eigenvalue weighted by Gasteiger charge is 2.23. The summed E-state index contributed by atoms with van der Waals surface area (Å²) in [5.41, 5.74) is 6.70. The molecule has 0 atom stereocenters. The minimum absolute atomic E-state index is 0.284. The fourth-order valence-corrected chi connectivity index (χ4v) is 2.89. The zero-order valence-electron chi connectivity index (χ0n) is 12.1. The maximum absolute atomic E-state index is 2.47. The van der Waals surface area contributed by atoms with E-state index < -0.39 is 0 Å². The summed E-state index contributed by atoms with van der Waals surface area (Å²) in [7, 11) is 0. The number of aryl methyl sites for hydroxylation is 1. The van der Waals surface area contributed by atoms with E-state index in [1.807, 2.05) is 0 Å². The first-order valence-corrected chi connectivity index (χ1v) is 7.06. The van der Waals surface area contributed by atoms with Crippen molar-refractivity contribution in [2.24, 2.45) is 0 Å². The molecule has 1 aromatic carbocycles. The predicted molar refractivity (Wildman–Crippen MR) is 75.9 cm³/mol. The molecule has 0 fully saturated rings. The van der Waals surface area contributed by atoms with E-state index in [1.54, 1.807) is 16.7 Å². The van der Waals surface area contributed by atoms with Gasteiger partial charge in [-0.05, 0) is 59.3 Å². The van der Waals surface area contributed by atoms with Crippen molar-refractivity contribution >= 4 is 0 Å². The predicted octanol–water partition coefficient (Wildman–Crippen LogP) is 4.99. The van der Waals surface area contributed by atoms with Gasteiger partial charge in [-0.15, -0.1) is 0 Å². The standard InChI is InChI=1S/C17H26/c1-12(2)14-10-13-8-6-7-9-15(13)16(11-14)17(3,4)5/h10-12H,6-9H2,1-5H3. The van der Waals surface area contributed by atoms with Crippen LogP contribution in [0, 0.1) is 0 Å². The molecule has 0 heteroatoms. The average Bonchev–Trinajstić information content (AvgIpc) is 2.26. The lowest BCUT2D eigenvalue weighted by Gasteiger charge is -2.29. The molecule has 0 amide bonds. The van der Waals surface area contributed by atoms with E-state index in [-0.39, 0.29) is 5.41 Å². The van der Waals surface area contributed by atoms with Gasteiger partial charge in [-0.25, -0.2) is 0 Å². The van der Waals surface area contributed by atoms with Crippen molar-refractivity contribution in [3.05, 3.63) is 34.4 Å². The quantitative estimate of drug-likeness (QED) is 0.638. The van der Waals surface area contributed by atoms with E-state index >= 15 is 0 Å². The zero-order chi connectivity index (χ0) is 12.6.